The van der Waals surface area contributed by atoms with Crippen LogP contribution in [0, 0.1) is 11.8 Å². The molecule has 20 heteroatoms. The molecule has 4 aromatic carbocycles. The highest BCUT2D eigenvalue weighted by Gasteiger charge is 2.72. The normalized spacial score (nSPS) is 34.3. The Morgan fingerprint density at radius 1 is 0.640 bits per heavy atom. The number of aliphatic hydroxyl groups is 2. The standard InChI is InChI=1S/C33H37N5O5.C33H35N5O5/c2*1-32(35-29(39)21-15-23-22-10-6-11-24-28(22)20(17-34-24)16-25(23)36(2)18-21)31(41)38-26(14-19-8-4-3-5-9-19)30(40)37-13-7-12-27(37)33(38,42)43-32/h3-6,8-11,17,21,23,25-27,34,42H,7,12-16,18H2,1-2H3,(H,35,39);3-6,8-11,15,17,21,25-27,34,42H,7,12-14,16,18H2,1-2H3,(H,35,39)/t21-,23-,25-,26+,27+,32-,33+;21-,25-,26+,27+,32-,33+/m11/s1. The highest BCUT2D eigenvalue weighted by Crippen LogP contribution is 2.50. The molecule has 16 rings (SSSR count). The number of nitrogens with zero attached hydrogens (tertiary/aromatic N) is 6. The second kappa shape index (κ2) is 19.9. The maximum Gasteiger partial charge on any atom is 0.280 e. The van der Waals surface area contributed by atoms with Gasteiger partial charge in [0.1, 0.15) is 24.2 Å². The van der Waals surface area contributed by atoms with E-state index in [0.29, 0.717) is 58.3 Å². The Bertz CT molecular complexity index is 3830. The van der Waals surface area contributed by atoms with E-state index in [4.69, 9.17) is 9.47 Å². The number of H-pyrrole nitrogens is 2. The van der Waals surface area contributed by atoms with Gasteiger partial charge in [0.2, 0.25) is 35.1 Å². The average Bonchev–Trinajstić information content (AvgIpc) is 1.83. The van der Waals surface area contributed by atoms with Crippen molar-refractivity contribution in [2.75, 3.05) is 40.3 Å². The number of likely N-dealkylation sites (tertiary alicyclic amines) is 1. The summed E-state index contributed by atoms with van der Waals surface area (Å²) >= 11 is 0. The lowest BCUT2D eigenvalue weighted by Crippen LogP contribution is -2.71. The van der Waals surface area contributed by atoms with Crippen molar-refractivity contribution in [3.63, 3.8) is 0 Å². The minimum Gasteiger partial charge on any atom is -0.361 e. The fraction of sp³-hybridized carbons (Fsp3) is 0.455. The van der Waals surface area contributed by atoms with Crippen LogP contribution in [0.3, 0.4) is 0 Å². The Balaban J connectivity index is 0.000000145. The fourth-order valence-corrected chi connectivity index (χ4v) is 16.8. The van der Waals surface area contributed by atoms with Crippen LogP contribution in [0.2, 0.25) is 0 Å². The smallest absolute Gasteiger partial charge is 0.280 e. The molecule has 0 bridgehead atoms. The highest BCUT2D eigenvalue weighted by atomic mass is 16.7. The van der Waals surface area contributed by atoms with E-state index in [1.54, 1.807) is 9.80 Å². The van der Waals surface area contributed by atoms with Crippen LogP contribution in [-0.4, -0.2) is 185 Å². The SMILES string of the molecule is CN1C[C@H](C(=O)N[C@]2(C)O[C@@]3(O)[C@@H]4CCCN4C(=O)[C@H](Cc4ccccc4)N3C2=O)C=C2c3cccc4[nH]cc(c34)C[C@H]21.CN1C[C@H](C(=O)N[C@]2(C)O[C@@]3(O)[C@@H]4CCCN4C(=O)[C@H](Cc4ccccc4)N3C2=O)C[C@@H]2c3cccc4[nH]cc(c34)C[C@H]21. The third-order valence-electron chi connectivity index (χ3n) is 20.8. The topological polar surface area (TPSA) is 236 Å². The van der Waals surface area contributed by atoms with E-state index in [0.717, 1.165) is 46.1 Å². The van der Waals surface area contributed by atoms with Crippen LogP contribution in [0.25, 0.3) is 27.4 Å². The van der Waals surface area contributed by atoms with Crippen molar-refractivity contribution in [1.82, 2.24) is 50.0 Å². The summed E-state index contributed by atoms with van der Waals surface area (Å²) in [6.45, 7) is 5.01. The van der Waals surface area contributed by atoms with Crippen LogP contribution >= 0.6 is 0 Å². The van der Waals surface area contributed by atoms with E-state index in [9.17, 15) is 39.0 Å². The zero-order valence-electron chi connectivity index (χ0n) is 48.7. The van der Waals surface area contributed by atoms with E-state index in [1.165, 1.54) is 51.1 Å². The second-order valence-corrected chi connectivity index (χ2v) is 26.0. The van der Waals surface area contributed by atoms with E-state index < -0.39 is 65.2 Å². The number of likely N-dealkylation sites (N-methyl/N-ethyl adjacent to an activating group) is 2. The Morgan fingerprint density at radius 3 is 1.76 bits per heavy atom. The number of fused-ring (bicyclic) bond motifs is 10. The summed E-state index contributed by atoms with van der Waals surface area (Å²) in [6, 6.07) is 28.6. The van der Waals surface area contributed by atoms with Gasteiger partial charge in [-0.3, -0.25) is 52.9 Å². The van der Waals surface area contributed by atoms with Gasteiger partial charge in [-0.2, -0.15) is 0 Å². The Morgan fingerprint density at radius 2 is 1.17 bits per heavy atom. The zero-order valence-corrected chi connectivity index (χ0v) is 48.7. The number of hydrogen-bond donors (Lipinski definition) is 6. The Hall–Kier alpha value is -7.72. The van der Waals surface area contributed by atoms with Crippen molar-refractivity contribution in [2.45, 2.75) is 137 Å². The Labute approximate surface area is 497 Å². The van der Waals surface area contributed by atoms with Gasteiger partial charge in [0, 0.05) is 91.2 Å². The van der Waals surface area contributed by atoms with Crippen LogP contribution in [0.1, 0.15) is 85.3 Å². The monoisotopic (exact) mass is 1160 g/mol. The third-order valence-corrected chi connectivity index (χ3v) is 20.8. The van der Waals surface area contributed by atoms with Crippen molar-refractivity contribution in [1.29, 1.82) is 0 Å². The first-order valence-electron chi connectivity index (χ1n) is 30.5. The average molecular weight is 1170 g/mol. The molecule has 2 aliphatic carbocycles. The molecule has 7 saturated heterocycles. The number of aromatic nitrogens is 2. The molecule has 10 aliphatic rings. The maximum absolute atomic E-state index is 14.2. The van der Waals surface area contributed by atoms with Crippen LogP contribution in [0.15, 0.2) is 116 Å². The van der Waals surface area contributed by atoms with Gasteiger partial charge in [0.15, 0.2) is 0 Å². The third kappa shape index (κ3) is 8.30. The zero-order chi connectivity index (χ0) is 59.3. The molecule has 0 radical (unpaired) electrons. The quantitative estimate of drug-likeness (QED) is 0.127. The number of ether oxygens (including phenoxy) is 2. The number of benzene rings is 4. The van der Waals surface area contributed by atoms with Gasteiger partial charge in [0.25, 0.3) is 23.6 Å². The molecule has 0 saturated carbocycles. The molecule has 6 aromatic rings. The molecule has 7 fully saturated rings. The van der Waals surface area contributed by atoms with Crippen molar-refractivity contribution in [3.05, 3.63) is 149 Å². The predicted octanol–water partition coefficient (Wildman–Crippen LogP) is 4.07. The van der Waals surface area contributed by atoms with Gasteiger partial charge in [-0.1, -0.05) is 91.0 Å². The highest BCUT2D eigenvalue weighted by molar-refractivity contribution is 6.01. The molecule has 6 amide bonds. The molecule has 2 aromatic heterocycles. The lowest BCUT2D eigenvalue weighted by atomic mass is 9.72. The number of piperidine rings is 1. The minimum atomic E-state index is -2.04. The molecule has 8 aliphatic heterocycles. The van der Waals surface area contributed by atoms with Crippen molar-refractivity contribution in [2.24, 2.45) is 11.8 Å². The summed E-state index contributed by atoms with van der Waals surface area (Å²) in [4.78, 5) is 101. The molecular weight excluding hydrogens is 1090 g/mol. The molecule has 86 heavy (non-hydrogen) atoms. The number of nitrogens with one attached hydrogen (secondary N) is 4. The summed E-state index contributed by atoms with van der Waals surface area (Å²) in [6.07, 6.45) is 11.5. The molecule has 13 atom stereocenters. The first-order valence-corrected chi connectivity index (χ1v) is 30.5. The number of piperazine rings is 2. The summed E-state index contributed by atoms with van der Waals surface area (Å²) < 4.78 is 12.5. The van der Waals surface area contributed by atoms with Gasteiger partial charge >= 0.3 is 0 Å². The molecule has 446 valence electrons. The number of carbonyl (C=O) groups excluding carboxylic acids is 6. The molecule has 0 unspecified atom stereocenters. The summed E-state index contributed by atoms with van der Waals surface area (Å²) in [5.41, 5.74) is 6.32. The first-order chi connectivity index (χ1) is 41.4. The van der Waals surface area contributed by atoms with Crippen LogP contribution < -0.4 is 10.6 Å². The summed E-state index contributed by atoms with van der Waals surface area (Å²) in [5.74, 6) is -7.08. The van der Waals surface area contributed by atoms with E-state index >= 15 is 0 Å². The number of hydrogen-bond acceptors (Lipinski definition) is 12. The van der Waals surface area contributed by atoms with Crippen LogP contribution in [-0.2, 0) is 63.9 Å². The number of carbonyl (C=O) groups is 6. The molecule has 20 nitrogen and oxygen atoms in total. The lowest BCUT2D eigenvalue weighted by Gasteiger charge is -2.48. The Kier molecular flexibility index (Phi) is 12.7. The lowest BCUT2D eigenvalue weighted by molar-refractivity contribution is -0.315. The van der Waals surface area contributed by atoms with E-state index in [-0.39, 0.29) is 60.4 Å². The predicted molar refractivity (Wildman–Crippen MR) is 315 cm³/mol. The number of rotatable bonds is 8. The summed E-state index contributed by atoms with van der Waals surface area (Å²) in [5, 5.41) is 32.3. The number of aromatic amines is 2. The van der Waals surface area contributed by atoms with E-state index in [1.807, 2.05) is 79.9 Å². The van der Waals surface area contributed by atoms with Crippen molar-refractivity contribution in [3.8, 4) is 0 Å². The first kappa shape index (κ1) is 54.9. The van der Waals surface area contributed by atoms with Gasteiger partial charge < -0.3 is 45.5 Å². The maximum atomic E-state index is 14.2. The molecule has 10 heterocycles. The minimum absolute atomic E-state index is 0.144. The van der Waals surface area contributed by atoms with Crippen LogP contribution in [0.4, 0.5) is 0 Å². The van der Waals surface area contributed by atoms with Crippen molar-refractivity contribution < 1.29 is 48.5 Å². The number of amides is 6. The van der Waals surface area contributed by atoms with Gasteiger partial charge in [0.05, 0.1) is 11.8 Å². The van der Waals surface area contributed by atoms with Gasteiger partial charge in [-0.05, 0) is 124 Å². The second-order valence-electron chi connectivity index (χ2n) is 26.0. The largest absolute Gasteiger partial charge is 0.361 e. The van der Waals surface area contributed by atoms with Crippen LogP contribution in [0.5, 0.6) is 0 Å². The van der Waals surface area contributed by atoms with E-state index in [2.05, 4.69) is 80.2 Å². The molecule has 0 spiro atoms. The molecule has 6 N–H and O–H groups in total. The van der Waals surface area contributed by atoms with Gasteiger partial charge in [-0.25, -0.2) is 0 Å². The molecular formula is C66H72N10O10. The van der Waals surface area contributed by atoms with Gasteiger partial charge in [-0.15, -0.1) is 0 Å². The summed E-state index contributed by atoms with van der Waals surface area (Å²) in [7, 11) is 4.08. The fourth-order valence-electron chi connectivity index (χ4n) is 16.8. The van der Waals surface area contributed by atoms with Crippen molar-refractivity contribution >= 4 is 62.8 Å².